The van der Waals surface area contributed by atoms with E-state index in [1.165, 1.54) is 0 Å². The minimum Gasteiger partial charge on any atom is -1.00 e. The summed E-state index contributed by atoms with van der Waals surface area (Å²) in [4.78, 5) is 23.2. The van der Waals surface area contributed by atoms with Crippen LogP contribution in [0.1, 0.15) is 11.1 Å². The molecule has 0 unspecified atom stereocenters. The number of halogens is 2. The van der Waals surface area contributed by atoms with Gasteiger partial charge in [0.1, 0.15) is 23.8 Å². The van der Waals surface area contributed by atoms with Crippen LogP contribution in [0.5, 0.6) is 0 Å². The molecule has 0 bridgehead atoms. The Morgan fingerprint density at radius 1 is 0.735 bits per heavy atom. The molecular formula is C22H22Br2N6O4. The third kappa shape index (κ3) is 8.71. The Balaban J connectivity index is 0.00000289. The maximum absolute atomic E-state index is 11.6. The zero-order chi connectivity index (χ0) is 22.8. The van der Waals surface area contributed by atoms with Gasteiger partial charge in [0, 0.05) is 23.3 Å². The molecule has 0 radical (unpaired) electrons. The van der Waals surface area contributed by atoms with Crippen molar-refractivity contribution < 1.29 is 63.1 Å². The number of benzene rings is 1. The zero-order valence-corrected chi connectivity index (χ0v) is 20.9. The predicted octanol–water partition coefficient (Wildman–Crippen LogP) is -4.84. The first-order valence-corrected chi connectivity index (χ1v) is 9.59. The molecule has 0 atom stereocenters. The third-order valence-electron chi connectivity index (χ3n) is 4.43. The minimum atomic E-state index is -0.528. The van der Waals surface area contributed by atoms with Crippen molar-refractivity contribution in [2.45, 2.75) is 13.1 Å². The summed E-state index contributed by atoms with van der Waals surface area (Å²) in [6, 6.07) is 15.1. The number of carbonyl (C=O) groups excluding carboxylic acids is 2. The van der Waals surface area contributed by atoms with Crippen LogP contribution in [-0.2, 0) is 22.7 Å². The number of rotatable bonds is 8. The van der Waals surface area contributed by atoms with Gasteiger partial charge in [-0.2, -0.15) is 9.13 Å². The molecule has 178 valence electrons. The SMILES string of the molecule is O=C(/C=N/O)Nc1ccc[n+](Cc2ccccc2C[n+]2cccc(NC(=O)/C=N/O)c2)c1.[Br-].[Br-]. The normalized spacial score (nSPS) is 10.4. The molecule has 0 saturated carbocycles. The average Bonchev–Trinajstić information content (AvgIpc) is 2.76. The van der Waals surface area contributed by atoms with Crippen molar-refractivity contribution in [2.75, 3.05) is 10.6 Å². The number of aromatic nitrogens is 2. The van der Waals surface area contributed by atoms with Gasteiger partial charge in [-0.3, -0.25) is 9.59 Å². The van der Waals surface area contributed by atoms with E-state index in [-0.39, 0.29) is 34.0 Å². The number of oxime groups is 2. The van der Waals surface area contributed by atoms with E-state index in [1.807, 2.05) is 57.9 Å². The van der Waals surface area contributed by atoms with Gasteiger partial charge in [-0.25, -0.2) is 0 Å². The smallest absolute Gasteiger partial charge is 0.270 e. The highest BCUT2D eigenvalue weighted by Gasteiger charge is 2.13. The van der Waals surface area contributed by atoms with Crippen LogP contribution in [-0.4, -0.2) is 34.7 Å². The van der Waals surface area contributed by atoms with Gasteiger partial charge in [0.2, 0.25) is 0 Å². The Morgan fingerprint density at radius 3 is 1.53 bits per heavy atom. The molecule has 4 N–H and O–H groups in total. The van der Waals surface area contributed by atoms with Crippen LogP contribution in [0, 0.1) is 0 Å². The van der Waals surface area contributed by atoms with Crippen molar-refractivity contribution in [2.24, 2.45) is 10.3 Å². The fraction of sp³-hybridized carbons (Fsp3) is 0.0909. The Bertz CT molecular complexity index is 1080. The summed E-state index contributed by atoms with van der Waals surface area (Å²) in [7, 11) is 0. The number of carbonyl (C=O) groups is 2. The van der Waals surface area contributed by atoms with E-state index in [4.69, 9.17) is 10.4 Å². The molecule has 0 aliphatic rings. The van der Waals surface area contributed by atoms with Crippen LogP contribution in [0.15, 0.2) is 83.6 Å². The van der Waals surface area contributed by atoms with Crippen LogP contribution in [0.25, 0.3) is 0 Å². The molecule has 2 amide bonds. The second kappa shape index (κ2) is 14.5. The van der Waals surface area contributed by atoms with Crippen molar-refractivity contribution in [1.82, 2.24) is 0 Å². The molecule has 1 aromatic carbocycles. The number of hydrogen-bond acceptors (Lipinski definition) is 6. The van der Waals surface area contributed by atoms with Crippen LogP contribution in [0.3, 0.4) is 0 Å². The second-order valence-corrected chi connectivity index (χ2v) is 6.77. The van der Waals surface area contributed by atoms with E-state index in [0.29, 0.717) is 24.5 Å². The number of anilines is 2. The molecule has 0 aliphatic carbocycles. The molecule has 3 aromatic rings. The largest absolute Gasteiger partial charge is 1.00 e. The first kappa shape index (κ1) is 28.4. The Kier molecular flexibility index (Phi) is 12.1. The summed E-state index contributed by atoms with van der Waals surface area (Å²) >= 11 is 0. The summed E-state index contributed by atoms with van der Waals surface area (Å²) < 4.78 is 3.86. The summed E-state index contributed by atoms with van der Waals surface area (Å²) in [5.41, 5.74) is 3.29. The van der Waals surface area contributed by atoms with E-state index >= 15 is 0 Å². The molecular weight excluding hydrogens is 572 g/mol. The van der Waals surface area contributed by atoms with Gasteiger partial charge >= 0.3 is 0 Å². The van der Waals surface area contributed by atoms with E-state index in [9.17, 15) is 9.59 Å². The number of nitrogens with zero attached hydrogens (tertiary/aromatic N) is 4. The molecule has 2 aromatic heterocycles. The number of nitrogens with one attached hydrogen (secondary N) is 2. The average molecular weight is 594 g/mol. The monoisotopic (exact) mass is 592 g/mol. The predicted molar refractivity (Wildman–Crippen MR) is 116 cm³/mol. The lowest BCUT2D eigenvalue weighted by Crippen LogP contribution is -3.00. The summed E-state index contributed by atoms with van der Waals surface area (Å²) in [5.74, 6) is -1.06. The molecule has 34 heavy (non-hydrogen) atoms. The third-order valence-corrected chi connectivity index (χ3v) is 4.43. The zero-order valence-electron chi connectivity index (χ0n) is 17.8. The highest BCUT2D eigenvalue weighted by molar-refractivity contribution is 6.31. The maximum Gasteiger partial charge on any atom is 0.270 e. The van der Waals surface area contributed by atoms with Crippen molar-refractivity contribution in [3.05, 3.63) is 84.4 Å². The van der Waals surface area contributed by atoms with E-state index in [1.54, 1.807) is 24.5 Å². The molecule has 0 aliphatic heterocycles. The number of amides is 2. The fourth-order valence-electron chi connectivity index (χ4n) is 3.10. The van der Waals surface area contributed by atoms with Crippen molar-refractivity contribution in [1.29, 1.82) is 0 Å². The van der Waals surface area contributed by atoms with E-state index in [2.05, 4.69) is 20.9 Å². The second-order valence-electron chi connectivity index (χ2n) is 6.77. The minimum absolute atomic E-state index is 0. The Morgan fingerprint density at radius 2 is 1.15 bits per heavy atom. The van der Waals surface area contributed by atoms with Gasteiger partial charge in [-0.1, -0.05) is 34.6 Å². The lowest BCUT2D eigenvalue weighted by atomic mass is 10.1. The van der Waals surface area contributed by atoms with E-state index < -0.39 is 11.8 Å². The number of pyridine rings is 2. The molecule has 10 nitrogen and oxygen atoms in total. The van der Waals surface area contributed by atoms with Crippen LogP contribution in [0.2, 0.25) is 0 Å². The molecule has 0 fully saturated rings. The Labute approximate surface area is 216 Å². The topological polar surface area (TPSA) is 131 Å². The first-order chi connectivity index (χ1) is 15.6. The lowest BCUT2D eigenvalue weighted by Gasteiger charge is -2.07. The van der Waals surface area contributed by atoms with Gasteiger partial charge in [0.25, 0.3) is 11.8 Å². The van der Waals surface area contributed by atoms with Crippen LogP contribution >= 0.6 is 0 Å². The molecule has 12 heteroatoms. The quantitative estimate of drug-likeness (QED) is 0.0903. The number of hydrogen-bond donors (Lipinski definition) is 4. The summed E-state index contributed by atoms with van der Waals surface area (Å²) in [6.07, 6.45) is 8.92. The standard InChI is InChI=1S/C22H20N6O4.2BrH/c29-21(11-23-31)25-19-7-3-9-27(15-19)13-17-5-1-2-6-18(17)14-28-10-4-8-20(16-28)26-22(30)12-24-32;;/h1-12,15-16H,13-14H2,(H2-2,25,26,29,30,31,32);2*1H. The fourth-order valence-corrected chi connectivity index (χ4v) is 3.10. The van der Waals surface area contributed by atoms with Crippen molar-refractivity contribution >= 4 is 35.6 Å². The van der Waals surface area contributed by atoms with Gasteiger partial charge in [0.05, 0.1) is 0 Å². The lowest BCUT2D eigenvalue weighted by molar-refractivity contribution is -0.692. The van der Waals surface area contributed by atoms with Gasteiger partial charge < -0.3 is 55.0 Å². The van der Waals surface area contributed by atoms with Crippen molar-refractivity contribution in [3.63, 3.8) is 0 Å². The first-order valence-electron chi connectivity index (χ1n) is 9.59. The Hall–Kier alpha value is -3.64. The van der Waals surface area contributed by atoms with Gasteiger partial charge in [-0.15, -0.1) is 0 Å². The molecule has 2 heterocycles. The van der Waals surface area contributed by atoms with E-state index in [0.717, 1.165) is 23.6 Å². The van der Waals surface area contributed by atoms with Crippen LogP contribution < -0.4 is 53.7 Å². The highest BCUT2D eigenvalue weighted by Crippen LogP contribution is 2.10. The van der Waals surface area contributed by atoms with Crippen LogP contribution in [0.4, 0.5) is 11.4 Å². The van der Waals surface area contributed by atoms with Crippen molar-refractivity contribution in [3.8, 4) is 0 Å². The molecule has 3 rings (SSSR count). The molecule has 0 spiro atoms. The highest BCUT2D eigenvalue weighted by atomic mass is 79.9. The van der Waals surface area contributed by atoms with Gasteiger partial charge in [-0.05, 0) is 12.1 Å². The molecule has 0 saturated heterocycles. The van der Waals surface area contributed by atoms with Gasteiger partial charge in [0.15, 0.2) is 37.9 Å². The maximum atomic E-state index is 11.6. The summed E-state index contributed by atoms with van der Waals surface area (Å²) in [5, 5.41) is 27.6. The summed E-state index contributed by atoms with van der Waals surface area (Å²) in [6.45, 7) is 1.13.